The first-order valence-corrected chi connectivity index (χ1v) is 4.96. The Morgan fingerprint density at radius 2 is 2.14 bits per heavy atom. The van der Waals surface area contributed by atoms with E-state index in [0.717, 1.165) is 11.3 Å². The molecular formula is C10H8N2OS. The first kappa shape index (κ1) is 10.4. The highest BCUT2D eigenvalue weighted by Crippen LogP contribution is 2.19. The van der Waals surface area contributed by atoms with Gasteiger partial charge in [0.25, 0.3) is 0 Å². The zero-order valence-electron chi connectivity index (χ0n) is 7.65. The fourth-order valence-corrected chi connectivity index (χ4v) is 1.91. The summed E-state index contributed by atoms with van der Waals surface area (Å²) in [6, 6.07) is 6.87. The molecule has 1 aromatic heterocycles. The van der Waals surface area contributed by atoms with E-state index >= 15 is 0 Å². The predicted molar refractivity (Wildman–Crippen MR) is 52.7 cm³/mol. The second-order valence-electron chi connectivity index (χ2n) is 2.67. The van der Waals surface area contributed by atoms with E-state index in [-0.39, 0.29) is 5.78 Å². The third-order valence-corrected chi connectivity index (χ3v) is 3.02. The van der Waals surface area contributed by atoms with Gasteiger partial charge in [-0.05, 0) is 18.6 Å². The molecule has 1 heterocycles. The van der Waals surface area contributed by atoms with E-state index in [2.05, 4.69) is 0 Å². The van der Waals surface area contributed by atoms with Crippen molar-refractivity contribution in [1.29, 1.82) is 10.5 Å². The Kier molecular flexibility index (Phi) is 3.39. The smallest absolute Gasteiger partial charge is 0.204 e. The van der Waals surface area contributed by atoms with Crippen molar-refractivity contribution >= 4 is 17.1 Å². The van der Waals surface area contributed by atoms with Crippen molar-refractivity contribution in [1.82, 2.24) is 0 Å². The molecule has 0 aromatic carbocycles. The van der Waals surface area contributed by atoms with Gasteiger partial charge in [-0.1, -0.05) is 6.92 Å². The van der Waals surface area contributed by atoms with Crippen LogP contribution in [0.5, 0.6) is 0 Å². The number of hydrogen-bond donors (Lipinski definition) is 0. The van der Waals surface area contributed by atoms with Crippen molar-refractivity contribution in [2.75, 3.05) is 0 Å². The molecule has 0 atom stereocenters. The van der Waals surface area contributed by atoms with Crippen LogP contribution in [-0.4, -0.2) is 5.78 Å². The zero-order chi connectivity index (χ0) is 10.6. The molecule has 1 rings (SSSR count). The Hall–Kier alpha value is -1.65. The normalized spacial score (nSPS) is 9.43. The summed E-state index contributed by atoms with van der Waals surface area (Å²) >= 11 is 1.35. The van der Waals surface area contributed by atoms with Crippen molar-refractivity contribution < 1.29 is 4.79 Å². The quantitative estimate of drug-likeness (QED) is 0.708. The highest BCUT2D eigenvalue weighted by Gasteiger charge is 2.20. The van der Waals surface area contributed by atoms with E-state index in [9.17, 15) is 4.79 Å². The number of carbonyl (C=O) groups is 1. The fourth-order valence-electron chi connectivity index (χ4n) is 0.989. The van der Waals surface area contributed by atoms with E-state index in [4.69, 9.17) is 10.5 Å². The molecule has 0 aliphatic carbocycles. The van der Waals surface area contributed by atoms with Gasteiger partial charge < -0.3 is 0 Å². The monoisotopic (exact) mass is 204 g/mol. The molecule has 4 heteroatoms. The molecular weight excluding hydrogens is 196 g/mol. The first-order chi connectivity index (χ1) is 6.72. The summed E-state index contributed by atoms with van der Waals surface area (Å²) in [6.45, 7) is 1.99. The highest BCUT2D eigenvalue weighted by molar-refractivity contribution is 7.14. The maximum absolute atomic E-state index is 11.5. The number of ketones is 1. The van der Waals surface area contributed by atoms with Crippen LogP contribution < -0.4 is 0 Å². The van der Waals surface area contributed by atoms with E-state index in [1.807, 2.05) is 13.0 Å². The van der Waals surface area contributed by atoms with Crippen LogP contribution >= 0.6 is 11.3 Å². The maximum atomic E-state index is 11.5. The van der Waals surface area contributed by atoms with E-state index in [1.165, 1.54) is 11.3 Å². The minimum atomic E-state index is -1.17. The molecule has 0 amide bonds. The molecule has 14 heavy (non-hydrogen) atoms. The summed E-state index contributed by atoms with van der Waals surface area (Å²) in [5.41, 5.74) is 0. The van der Waals surface area contributed by atoms with E-state index in [1.54, 1.807) is 18.2 Å². The SMILES string of the molecule is CCc1ccc(C(=O)C(C#N)C#N)s1. The highest BCUT2D eigenvalue weighted by atomic mass is 32.1. The number of aryl methyl sites for hydroxylation is 1. The standard InChI is InChI=1S/C10H8N2OS/c1-2-8-3-4-9(14-8)10(13)7(5-11)6-12/h3-4,7H,2H2,1H3. The summed E-state index contributed by atoms with van der Waals surface area (Å²) in [6.07, 6.45) is 0.863. The van der Waals surface area contributed by atoms with Crippen LogP contribution in [0.25, 0.3) is 0 Å². The van der Waals surface area contributed by atoms with Crippen LogP contribution in [0.4, 0.5) is 0 Å². The molecule has 0 radical (unpaired) electrons. The van der Waals surface area contributed by atoms with Crippen molar-refractivity contribution in [2.45, 2.75) is 13.3 Å². The maximum Gasteiger partial charge on any atom is 0.204 e. The number of carbonyl (C=O) groups excluding carboxylic acids is 1. The first-order valence-electron chi connectivity index (χ1n) is 4.15. The summed E-state index contributed by atoms with van der Waals surface area (Å²) in [4.78, 5) is 13.1. The van der Waals surface area contributed by atoms with Crippen LogP contribution in [0.2, 0.25) is 0 Å². The number of nitrogens with zero attached hydrogens (tertiary/aromatic N) is 2. The van der Waals surface area contributed by atoms with Gasteiger partial charge in [0, 0.05) is 4.88 Å². The van der Waals surface area contributed by atoms with Crippen LogP contribution in [-0.2, 0) is 6.42 Å². The van der Waals surface area contributed by atoms with Crippen molar-refractivity contribution in [3.05, 3.63) is 21.9 Å². The van der Waals surface area contributed by atoms with Gasteiger partial charge in [0.05, 0.1) is 17.0 Å². The molecule has 0 bridgehead atoms. The lowest BCUT2D eigenvalue weighted by molar-refractivity contribution is 0.0975. The topological polar surface area (TPSA) is 64.7 Å². The van der Waals surface area contributed by atoms with Crippen LogP contribution in [0, 0.1) is 28.6 Å². The minimum Gasteiger partial charge on any atom is -0.291 e. The Bertz CT molecular complexity index is 408. The fraction of sp³-hybridized carbons (Fsp3) is 0.300. The molecule has 0 aliphatic rings. The van der Waals surface area contributed by atoms with Crippen molar-refractivity contribution in [3.63, 3.8) is 0 Å². The molecule has 70 valence electrons. The minimum absolute atomic E-state index is 0.389. The number of Topliss-reactive ketones (excluding diaryl/α,β-unsaturated/α-hetero) is 1. The van der Waals surface area contributed by atoms with E-state index in [0.29, 0.717) is 4.88 Å². The molecule has 0 N–H and O–H groups in total. The van der Waals surface area contributed by atoms with Gasteiger partial charge in [0.1, 0.15) is 0 Å². The molecule has 0 aliphatic heterocycles. The predicted octanol–water partition coefficient (Wildman–Crippen LogP) is 2.16. The molecule has 1 aromatic rings. The van der Waals surface area contributed by atoms with Crippen molar-refractivity contribution in [3.8, 4) is 12.1 Å². The Balaban J connectivity index is 2.91. The third kappa shape index (κ3) is 1.99. The summed E-state index contributed by atoms with van der Waals surface area (Å²) in [5.74, 6) is -1.56. The lowest BCUT2D eigenvalue weighted by Crippen LogP contribution is -2.08. The van der Waals surface area contributed by atoms with Gasteiger partial charge in [0.2, 0.25) is 5.78 Å². The molecule has 0 fully saturated rings. The second-order valence-corrected chi connectivity index (χ2v) is 3.84. The number of thiophene rings is 1. The average Bonchev–Trinajstić information content (AvgIpc) is 2.67. The number of nitriles is 2. The molecule has 0 saturated carbocycles. The lowest BCUT2D eigenvalue weighted by atomic mass is 10.1. The molecule has 0 saturated heterocycles. The third-order valence-electron chi connectivity index (χ3n) is 1.77. The summed E-state index contributed by atoms with van der Waals surface area (Å²) < 4.78 is 0. The Morgan fingerprint density at radius 3 is 2.57 bits per heavy atom. The van der Waals surface area contributed by atoms with Gasteiger partial charge in [-0.15, -0.1) is 11.3 Å². The largest absolute Gasteiger partial charge is 0.291 e. The van der Waals surface area contributed by atoms with Gasteiger partial charge in [-0.2, -0.15) is 10.5 Å². The molecule has 0 spiro atoms. The molecule has 3 nitrogen and oxygen atoms in total. The lowest BCUT2D eigenvalue weighted by Gasteiger charge is -1.94. The van der Waals surface area contributed by atoms with Crippen LogP contribution in [0.1, 0.15) is 21.5 Å². The van der Waals surface area contributed by atoms with Crippen molar-refractivity contribution in [2.24, 2.45) is 5.92 Å². The number of rotatable bonds is 3. The molecule has 0 unspecified atom stereocenters. The summed E-state index contributed by atoms with van der Waals surface area (Å²) in [7, 11) is 0. The number of hydrogen-bond acceptors (Lipinski definition) is 4. The zero-order valence-corrected chi connectivity index (χ0v) is 8.47. The van der Waals surface area contributed by atoms with E-state index < -0.39 is 5.92 Å². The van der Waals surface area contributed by atoms with Gasteiger partial charge in [-0.3, -0.25) is 4.79 Å². The van der Waals surface area contributed by atoms with Gasteiger partial charge >= 0.3 is 0 Å². The van der Waals surface area contributed by atoms with Gasteiger partial charge in [-0.25, -0.2) is 0 Å². The van der Waals surface area contributed by atoms with Gasteiger partial charge in [0.15, 0.2) is 5.92 Å². The Morgan fingerprint density at radius 1 is 1.50 bits per heavy atom. The van der Waals surface area contributed by atoms with Crippen LogP contribution in [0.3, 0.4) is 0 Å². The van der Waals surface area contributed by atoms with Crippen LogP contribution in [0.15, 0.2) is 12.1 Å². The Labute approximate surface area is 86.2 Å². The average molecular weight is 204 g/mol. The second kappa shape index (κ2) is 4.55. The summed E-state index contributed by atoms with van der Waals surface area (Å²) in [5, 5.41) is 17.1.